The Morgan fingerprint density at radius 1 is 0.947 bits per heavy atom. The predicted octanol–water partition coefficient (Wildman–Crippen LogP) is 3.83. The summed E-state index contributed by atoms with van der Waals surface area (Å²) in [7, 11) is 0. The van der Waals surface area contributed by atoms with Crippen LogP contribution in [0.3, 0.4) is 0 Å². The highest BCUT2D eigenvalue weighted by atomic mass is 16.5. The van der Waals surface area contributed by atoms with E-state index in [1.807, 2.05) is 27.7 Å². The van der Waals surface area contributed by atoms with Gasteiger partial charge in [0.2, 0.25) is 11.8 Å². The summed E-state index contributed by atoms with van der Waals surface area (Å²) >= 11 is 0. The number of hydrogen-bond donors (Lipinski definition) is 4. The zero-order chi connectivity index (χ0) is 30.2. The van der Waals surface area contributed by atoms with Gasteiger partial charge in [-0.25, -0.2) is 0 Å². The fourth-order valence-corrected chi connectivity index (χ4v) is 2.72. The minimum absolute atomic E-state index is 0.105. The fraction of sp³-hybridized carbons (Fsp3) is 0.690. The molecule has 0 spiro atoms. The fourth-order valence-electron chi connectivity index (χ4n) is 2.72. The SMILES string of the molecule is C=C/C=C(\C=C)COC(=O)CCCCCNC(=O)[C@@H](N)CCC(=O)N(CCN)CCN.CC.CC.CCC. The average molecular weight is 542 g/mol. The van der Waals surface area contributed by atoms with Crippen molar-refractivity contribution in [2.45, 2.75) is 92.5 Å². The Hall–Kier alpha value is -2.49. The Morgan fingerprint density at radius 2 is 1.50 bits per heavy atom. The van der Waals surface area contributed by atoms with Crippen molar-refractivity contribution in [2.24, 2.45) is 17.2 Å². The second-order valence-corrected chi connectivity index (χ2v) is 7.75. The molecule has 38 heavy (non-hydrogen) atoms. The number of amides is 2. The first-order valence-corrected chi connectivity index (χ1v) is 14.1. The molecule has 0 aromatic rings. The predicted molar refractivity (Wildman–Crippen MR) is 161 cm³/mol. The van der Waals surface area contributed by atoms with Crippen LogP contribution in [-0.2, 0) is 19.1 Å². The Kier molecular flexibility index (Phi) is 38.7. The second-order valence-electron chi connectivity index (χ2n) is 7.75. The highest BCUT2D eigenvalue weighted by molar-refractivity contribution is 5.83. The summed E-state index contributed by atoms with van der Waals surface area (Å²) in [6.45, 7) is 21.7. The van der Waals surface area contributed by atoms with E-state index in [9.17, 15) is 14.4 Å². The van der Waals surface area contributed by atoms with E-state index in [2.05, 4.69) is 32.3 Å². The minimum Gasteiger partial charge on any atom is -0.461 e. The van der Waals surface area contributed by atoms with Crippen LogP contribution < -0.4 is 22.5 Å². The van der Waals surface area contributed by atoms with Gasteiger partial charge in [0.15, 0.2) is 0 Å². The van der Waals surface area contributed by atoms with Crippen LogP contribution in [0.1, 0.15) is 86.5 Å². The summed E-state index contributed by atoms with van der Waals surface area (Å²) in [4.78, 5) is 37.5. The molecule has 7 N–H and O–H groups in total. The summed E-state index contributed by atoms with van der Waals surface area (Å²) < 4.78 is 5.16. The van der Waals surface area contributed by atoms with Crippen molar-refractivity contribution < 1.29 is 19.1 Å². The molecule has 0 saturated heterocycles. The first-order valence-electron chi connectivity index (χ1n) is 14.1. The van der Waals surface area contributed by atoms with E-state index in [1.54, 1.807) is 23.1 Å². The molecule has 0 radical (unpaired) electrons. The Labute approximate surface area is 233 Å². The maximum Gasteiger partial charge on any atom is 0.306 e. The minimum atomic E-state index is -0.751. The Bertz CT molecular complexity index is 618. The van der Waals surface area contributed by atoms with Gasteiger partial charge in [-0.3, -0.25) is 14.4 Å². The van der Waals surface area contributed by atoms with Crippen molar-refractivity contribution in [2.75, 3.05) is 39.3 Å². The molecule has 0 heterocycles. The normalized spacial score (nSPS) is 10.6. The Morgan fingerprint density at radius 3 is 1.97 bits per heavy atom. The number of carbonyl (C=O) groups is 3. The average Bonchev–Trinajstić information content (AvgIpc) is 2.93. The number of nitrogens with one attached hydrogen (secondary N) is 1. The molecule has 0 aliphatic rings. The number of rotatable bonds is 18. The van der Waals surface area contributed by atoms with Crippen LogP contribution in [0.5, 0.6) is 0 Å². The van der Waals surface area contributed by atoms with Crippen molar-refractivity contribution in [3.8, 4) is 0 Å². The lowest BCUT2D eigenvalue weighted by Crippen LogP contribution is -2.43. The number of ether oxygens (including phenoxy) is 1. The molecule has 0 aromatic carbocycles. The zero-order valence-corrected chi connectivity index (χ0v) is 25.2. The number of nitrogens with two attached hydrogens (primary N) is 3. The van der Waals surface area contributed by atoms with Gasteiger partial charge in [-0.2, -0.15) is 0 Å². The van der Waals surface area contributed by atoms with E-state index in [-0.39, 0.29) is 37.2 Å². The molecule has 0 saturated carbocycles. The molecule has 0 aliphatic heterocycles. The van der Waals surface area contributed by atoms with Crippen LogP contribution >= 0.6 is 0 Å². The van der Waals surface area contributed by atoms with Gasteiger partial charge in [-0.1, -0.05) is 85.8 Å². The molecule has 0 aromatic heterocycles. The first-order chi connectivity index (χ1) is 18.3. The largest absolute Gasteiger partial charge is 0.461 e. The van der Waals surface area contributed by atoms with Gasteiger partial charge >= 0.3 is 5.97 Å². The second kappa shape index (κ2) is 34.5. The molecule has 9 heteroatoms. The highest BCUT2D eigenvalue weighted by Crippen LogP contribution is 2.04. The van der Waals surface area contributed by atoms with Crippen molar-refractivity contribution in [1.29, 1.82) is 0 Å². The summed E-state index contributed by atoms with van der Waals surface area (Å²) in [6.07, 6.45) is 9.13. The zero-order valence-electron chi connectivity index (χ0n) is 25.2. The summed E-state index contributed by atoms with van der Waals surface area (Å²) in [5, 5.41) is 2.76. The van der Waals surface area contributed by atoms with E-state index < -0.39 is 6.04 Å². The summed E-state index contributed by atoms with van der Waals surface area (Å²) in [6, 6.07) is -0.751. The topological polar surface area (TPSA) is 154 Å². The molecule has 1 atom stereocenters. The third kappa shape index (κ3) is 28.1. The third-order valence-electron chi connectivity index (χ3n) is 4.51. The lowest BCUT2D eigenvalue weighted by atomic mass is 10.1. The van der Waals surface area contributed by atoms with E-state index in [1.165, 1.54) is 6.42 Å². The molecule has 0 rings (SSSR count). The quantitative estimate of drug-likeness (QED) is 0.117. The van der Waals surface area contributed by atoms with Crippen molar-refractivity contribution >= 4 is 17.8 Å². The number of unbranched alkanes of at least 4 members (excludes halogenated alkanes) is 2. The highest BCUT2D eigenvalue weighted by Gasteiger charge is 2.17. The molecular weight excluding hydrogens is 482 g/mol. The van der Waals surface area contributed by atoms with Gasteiger partial charge in [0.25, 0.3) is 0 Å². The molecule has 9 nitrogen and oxygen atoms in total. The number of carbonyl (C=O) groups excluding carboxylic acids is 3. The smallest absolute Gasteiger partial charge is 0.306 e. The molecule has 0 unspecified atom stereocenters. The van der Waals surface area contributed by atoms with Gasteiger partial charge in [-0.15, -0.1) is 0 Å². The van der Waals surface area contributed by atoms with Crippen molar-refractivity contribution in [1.82, 2.24) is 10.2 Å². The summed E-state index contributed by atoms with van der Waals surface area (Å²) in [5.41, 5.74) is 17.6. The van der Waals surface area contributed by atoms with Crippen LogP contribution in [0, 0.1) is 0 Å². The van der Waals surface area contributed by atoms with E-state index >= 15 is 0 Å². The van der Waals surface area contributed by atoms with Crippen LogP contribution in [0.4, 0.5) is 0 Å². The van der Waals surface area contributed by atoms with Crippen molar-refractivity contribution in [3.63, 3.8) is 0 Å². The van der Waals surface area contributed by atoms with Crippen LogP contribution in [0.25, 0.3) is 0 Å². The van der Waals surface area contributed by atoms with Gasteiger partial charge < -0.3 is 32.2 Å². The molecule has 224 valence electrons. The standard InChI is InChI=1S/C22H39N5O4.C3H8.2C2H6/c1-3-8-18(4-2)17-31-21(29)9-6-5-7-14-26-22(30)19(25)10-11-20(28)27(15-12-23)16-13-24;1-3-2;2*1-2/h3-4,8,19H,1-2,5-7,9-17,23-25H2,(H,26,30);3H2,1-2H3;2*1-2H3/b18-8+;;;/t19-;;;/m0.../s1. The number of esters is 1. The van der Waals surface area contributed by atoms with Gasteiger partial charge in [0, 0.05) is 45.6 Å². The van der Waals surface area contributed by atoms with Crippen LogP contribution in [-0.4, -0.2) is 68.1 Å². The Balaban J connectivity index is -0.000000748. The van der Waals surface area contributed by atoms with Gasteiger partial charge in [0.1, 0.15) is 6.61 Å². The first kappa shape index (κ1) is 42.6. The number of allylic oxidation sites excluding steroid dienone is 2. The molecular formula is C29H59N5O4. The van der Waals surface area contributed by atoms with E-state index in [0.717, 1.165) is 18.4 Å². The molecule has 0 bridgehead atoms. The van der Waals surface area contributed by atoms with Crippen molar-refractivity contribution in [3.05, 3.63) is 37.0 Å². The maximum absolute atomic E-state index is 12.1. The van der Waals surface area contributed by atoms with Gasteiger partial charge in [-0.05, 0) is 24.8 Å². The lowest BCUT2D eigenvalue weighted by Gasteiger charge is -2.22. The maximum atomic E-state index is 12.1. The van der Waals surface area contributed by atoms with Crippen LogP contribution in [0.15, 0.2) is 37.0 Å². The molecule has 0 fully saturated rings. The van der Waals surface area contributed by atoms with E-state index in [0.29, 0.717) is 45.6 Å². The van der Waals surface area contributed by atoms with Gasteiger partial charge in [0.05, 0.1) is 6.04 Å². The summed E-state index contributed by atoms with van der Waals surface area (Å²) in [5.74, 6) is -0.667. The third-order valence-corrected chi connectivity index (χ3v) is 4.51. The number of hydrogen-bond acceptors (Lipinski definition) is 7. The van der Waals surface area contributed by atoms with E-state index in [4.69, 9.17) is 21.9 Å². The number of nitrogens with zero attached hydrogens (tertiary/aromatic N) is 1. The molecule has 0 aliphatic carbocycles. The lowest BCUT2D eigenvalue weighted by molar-refractivity contribution is -0.142. The van der Waals surface area contributed by atoms with Crippen LogP contribution in [0.2, 0.25) is 0 Å². The monoisotopic (exact) mass is 541 g/mol. The molecule has 2 amide bonds.